The number of hydrogen-bond donors (Lipinski definition) is 0. The fourth-order valence-corrected chi connectivity index (χ4v) is 10.6. The van der Waals surface area contributed by atoms with E-state index in [-0.39, 0.29) is 0 Å². The van der Waals surface area contributed by atoms with E-state index in [4.69, 9.17) is 14.4 Å². The number of aromatic nitrogens is 3. The Kier molecular flexibility index (Phi) is 8.05. The number of hydrogen-bond acceptors (Lipinski definition) is 4. The van der Waals surface area contributed by atoms with Gasteiger partial charge < -0.3 is 8.98 Å². The predicted molar refractivity (Wildman–Crippen MR) is 264 cm³/mol. The molecule has 4 nitrogen and oxygen atoms in total. The molecule has 4 aromatic heterocycles. The van der Waals surface area contributed by atoms with E-state index in [1.54, 1.807) is 0 Å². The quantitative estimate of drug-likeness (QED) is 0.168. The number of benzene rings is 9. The van der Waals surface area contributed by atoms with Gasteiger partial charge >= 0.3 is 0 Å². The van der Waals surface area contributed by atoms with Crippen molar-refractivity contribution in [2.24, 2.45) is 0 Å². The largest absolute Gasteiger partial charge is 0.455 e. The Morgan fingerprint density at radius 3 is 1.73 bits per heavy atom. The lowest BCUT2D eigenvalue weighted by Gasteiger charge is -2.14. The molecule has 0 unspecified atom stereocenters. The van der Waals surface area contributed by atoms with E-state index in [2.05, 4.69) is 199 Å². The van der Waals surface area contributed by atoms with Crippen LogP contribution in [0, 0.1) is 0 Å². The summed E-state index contributed by atoms with van der Waals surface area (Å²) in [5, 5.41) is 7.01. The minimum atomic E-state index is 0.693. The molecule has 0 N–H and O–H groups in total. The van der Waals surface area contributed by atoms with Crippen LogP contribution < -0.4 is 0 Å². The number of para-hydroxylation sites is 1. The van der Waals surface area contributed by atoms with E-state index < -0.39 is 0 Å². The zero-order valence-corrected chi connectivity index (χ0v) is 34.7. The zero-order valence-electron chi connectivity index (χ0n) is 33.9. The maximum Gasteiger partial charge on any atom is 0.160 e. The van der Waals surface area contributed by atoms with E-state index in [0.717, 1.165) is 83.1 Å². The van der Waals surface area contributed by atoms with Crippen LogP contribution in [0.5, 0.6) is 0 Å². The molecule has 0 aliphatic heterocycles. The van der Waals surface area contributed by atoms with Crippen molar-refractivity contribution in [2.45, 2.75) is 0 Å². The molecule has 63 heavy (non-hydrogen) atoms. The van der Waals surface area contributed by atoms with Gasteiger partial charge in [0, 0.05) is 64.3 Å². The summed E-state index contributed by atoms with van der Waals surface area (Å²) in [4.78, 5) is 10.3. The van der Waals surface area contributed by atoms with Crippen molar-refractivity contribution in [3.63, 3.8) is 0 Å². The van der Waals surface area contributed by atoms with Crippen LogP contribution in [0.4, 0.5) is 0 Å². The van der Waals surface area contributed by atoms with Crippen molar-refractivity contribution in [3.05, 3.63) is 212 Å². The van der Waals surface area contributed by atoms with E-state index in [1.165, 1.54) is 36.9 Å². The summed E-state index contributed by atoms with van der Waals surface area (Å²) in [6, 6.07) is 75.5. The van der Waals surface area contributed by atoms with Gasteiger partial charge in [-0.1, -0.05) is 164 Å². The monoisotopic (exact) mass is 821 g/mol. The molecule has 0 spiro atoms. The summed E-state index contributed by atoms with van der Waals surface area (Å²) < 4.78 is 11.7. The highest BCUT2D eigenvalue weighted by molar-refractivity contribution is 7.26. The summed E-state index contributed by atoms with van der Waals surface area (Å²) in [5.41, 5.74) is 14.7. The molecule has 5 heteroatoms. The molecule has 0 aliphatic rings. The second-order valence-corrected chi connectivity index (χ2v) is 17.2. The van der Waals surface area contributed by atoms with Gasteiger partial charge in [-0.2, -0.15) is 0 Å². The molecule has 0 radical (unpaired) electrons. The first-order valence-corrected chi connectivity index (χ1v) is 22.0. The Labute approximate surface area is 366 Å². The predicted octanol–water partition coefficient (Wildman–Crippen LogP) is 16.2. The van der Waals surface area contributed by atoms with E-state index >= 15 is 0 Å². The van der Waals surface area contributed by atoms with Gasteiger partial charge in [0.2, 0.25) is 0 Å². The van der Waals surface area contributed by atoms with Gasteiger partial charge in [0.1, 0.15) is 11.2 Å². The zero-order chi connectivity index (χ0) is 41.4. The van der Waals surface area contributed by atoms with Crippen LogP contribution in [-0.2, 0) is 0 Å². The van der Waals surface area contributed by atoms with Gasteiger partial charge in [0.05, 0.1) is 27.8 Å². The van der Waals surface area contributed by atoms with Crippen molar-refractivity contribution in [3.8, 4) is 61.8 Å². The molecule has 13 rings (SSSR count). The van der Waals surface area contributed by atoms with Gasteiger partial charge in [-0.05, 0) is 65.2 Å². The molecule has 0 amide bonds. The minimum absolute atomic E-state index is 0.693. The molecule has 0 atom stereocenters. The Balaban J connectivity index is 1.03. The van der Waals surface area contributed by atoms with Crippen LogP contribution in [0.25, 0.3) is 126 Å². The molecule has 13 aromatic rings. The molecule has 294 valence electrons. The summed E-state index contributed by atoms with van der Waals surface area (Å²) in [6.07, 6.45) is 0. The van der Waals surface area contributed by atoms with Gasteiger partial charge in [0.15, 0.2) is 5.82 Å². The van der Waals surface area contributed by atoms with Crippen molar-refractivity contribution >= 4 is 75.3 Å². The van der Waals surface area contributed by atoms with Crippen molar-refractivity contribution in [2.75, 3.05) is 0 Å². The molecular weight excluding hydrogens is 787 g/mol. The first-order valence-electron chi connectivity index (χ1n) is 21.2. The van der Waals surface area contributed by atoms with Crippen LogP contribution in [0.2, 0.25) is 0 Å². The molecule has 9 aromatic carbocycles. The third-order valence-electron chi connectivity index (χ3n) is 12.4. The Bertz CT molecular complexity index is 3830. The SMILES string of the molecule is c1ccc(-c2ccc3c4c5oc6ccccc6c5ccc4n(-c4cc(-c5ccc(-c6nc(-c7ccccc7)cc(-c7ccccc7)n6)cc5)c5sc6ccccc6c5c4)c3c2)cc1. The smallest absolute Gasteiger partial charge is 0.160 e. The number of nitrogens with zero attached hydrogens (tertiary/aromatic N) is 3. The Hall–Kier alpha value is -8.12. The first-order chi connectivity index (χ1) is 31.2. The van der Waals surface area contributed by atoms with Crippen LogP contribution in [0.15, 0.2) is 217 Å². The number of rotatable bonds is 6. The molecule has 0 saturated carbocycles. The molecule has 0 fully saturated rings. The molecule has 0 saturated heterocycles. The maximum absolute atomic E-state index is 6.74. The first kappa shape index (κ1) is 35.6. The maximum atomic E-state index is 6.74. The van der Waals surface area contributed by atoms with Crippen LogP contribution in [0.3, 0.4) is 0 Å². The van der Waals surface area contributed by atoms with Gasteiger partial charge in [0.25, 0.3) is 0 Å². The third-order valence-corrected chi connectivity index (χ3v) is 13.6. The van der Waals surface area contributed by atoms with Crippen molar-refractivity contribution in [1.82, 2.24) is 14.5 Å². The fraction of sp³-hybridized carbons (Fsp3) is 0. The van der Waals surface area contributed by atoms with Gasteiger partial charge in [-0.15, -0.1) is 11.3 Å². The second kappa shape index (κ2) is 14.2. The highest BCUT2D eigenvalue weighted by Crippen LogP contribution is 2.46. The molecule has 0 aliphatic carbocycles. The van der Waals surface area contributed by atoms with Crippen molar-refractivity contribution < 1.29 is 4.42 Å². The average Bonchev–Trinajstić information content (AvgIpc) is 4.04. The number of furan rings is 1. The Morgan fingerprint density at radius 2 is 1.00 bits per heavy atom. The van der Waals surface area contributed by atoms with Crippen molar-refractivity contribution in [1.29, 1.82) is 0 Å². The van der Waals surface area contributed by atoms with Crippen LogP contribution >= 0.6 is 11.3 Å². The second-order valence-electron chi connectivity index (χ2n) is 16.1. The average molecular weight is 822 g/mol. The molecule has 0 bridgehead atoms. The van der Waals surface area contributed by atoms with Gasteiger partial charge in [-0.25, -0.2) is 9.97 Å². The summed E-state index contributed by atoms with van der Waals surface area (Å²) in [7, 11) is 0. The van der Waals surface area contributed by atoms with E-state index in [1.807, 2.05) is 29.5 Å². The highest BCUT2D eigenvalue weighted by Gasteiger charge is 2.22. The summed E-state index contributed by atoms with van der Waals surface area (Å²) >= 11 is 1.85. The Morgan fingerprint density at radius 1 is 0.397 bits per heavy atom. The van der Waals surface area contributed by atoms with Gasteiger partial charge in [-0.3, -0.25) is 0 Å². The molecular formula is C58H35N3OS. The van der Waals surface area contributed by atoms with Crippen LogP contribution in [-0.4, -0.2) is 14.5 Å². The number of fused-ring (bicyclic) bond motifs is 10. The molecule has 4 heterocycles. The standard InChI is InChI=1S/C58H35N3OS/c1-4-14-36(15-5-1)41-28-29-46-52(32-41)61(51-31-30-45-43-20-10-12-22-53(43)62-56(45)55(46)51)42-33-47(57-48(34-42)44-21-11-13-23-54(44)63-57)37-24-26-40(27-25-37)58-59-49(38-16-6-2-7-17-38)35-50(60-58)39-18-8-3-9-19-39/h1-35H. The lowest BCUT2D eigenvalue weighted by atomic mass is 9.99. The lowest BCUT2D eigenvalue weighted by molar-refractivity contribution is 0.673. The van der Waals surface area contributed by atoms with Crippen LogP contribution in [0.1, 0.15) is 0 Å². The highest BCUT2D eigenvalue weighted by atomic mass is 32.1. The number of thiophene rings is 1. The van der Waals surface area contributed by atoms with E-state index in [9.17, 15) is 0 Å². The fourth-order valence-electron chi connectivity index (χ4n) is 9.42. The lowest BCUT2D eigenvalue weighted by Crippen LogP contribution is -1.96. The topological polar surface area (TPSA) is 43.9 Å². The summed E-state index contributed by atoms with van der Waals surface area (Å²) in [5.74, 6) is 0.693. The minimum Gasteiger partial charge on any atom is -0.455 e. The summed E-state index contributed by atoms with van der Waals surface area (Å²) in [6.45, 7) is 0. The normalized spacial score (nSPS) is 11.8. The third kappa shape index (κ3) is 5.82. The van der Waals surface area contributed by atoms with E-state index in [0.29, 0.717) is 5.82 Å².